The lowest BCUT2D eigenvalue weighted by Gasteiger charge is -2.32. The van der Waals surface area contributed by atoms with E-state index in [-0.39, 0.29) is 5.92 Å². The number of aliphatic hydroxyl groups is 2. The summed E-state index contributed by atoms with van der Waals surface area (Å²) in [5.74, 6) is -0.575. The predicted octanol–water partition coefficient (Wildman–Crippen LogP) is 3.44. The number of ether oxygens (including phenoxy) is 1. The lowest BCUT2D eigenvalue weighted by Crippen LogP contribution is -2.42. The number of hydrogen-bond acceptors (Lipinski definition) is 4. The highest BCUT2D eigenvalue weighted by atomic mass is 16.6. The standard InChI is InChI=1S/C20H30O4/c1-13-6-5-7-14(2)17(21)12-16-10-11-20(4,18(22)9-8-13)24-19(23)15(16)3/h7-8,16-18,21-22H,3,5-6,9-12H2,1-2,4H3. The lowest BCUT2D eigenvalue weighted by atomic mass is 9.83. The highest BCUT2D eigenvalue weighted by molar-refractivity contribution is 5.89. The van der Waals surface area contributed by atoms with Crippen molar-refractivity contribution in [3.63, 3.8) is 0 Å². The Morgan fingerprint density at radius 2 is 2.00 bits per heavy atom. The Bertz CT molecular complexity index is 560. The van der Waals surface area contributed by atoms with Crippen molar-refractivity contribution in [1.82, 2.24) is 0 Å². The van der Waals surface area contributed by atoms with Gasteiger partial charge in [-0.1, -0.05) is 24.3 Å². The Morgan fingerprint density at radius 3 is 2.71 bits per heavy atom. The van der Waals surface area contributed by atoms with Crippen molar-refractivity contribution < 1.29 is 19.7 Å². The zero-order chi connectivity index (χ0) is 17.9. The summed E-state index contributed by atoms with van der Waals surface area (Å²) in [5.41, 5.74) is 1.62. The van der Waals surface area contributed by atoms with Crippen LogP contribution in [0.15, 0.2) is 35.5 Å². The minimum Gasteiger partial charge on any atom is -0.453 e. The van der Waals surface area contributed by atoms with Crippen molar-refractivity contribution in [2.24, 2.45) is 5.92 Å². The predicted molar refractivity (Wildman–Crippen MR) is 94.4 cm³/mol. The van der Waals surface area contributed by atoms with E-state index in [1.165, 1.54) is 5.57 Å². The molecular formula is C20H30O4. The van der Waals surface area contributed by atoms with Crippen LogP contribution in [0.3, 0.4) is 0 Å². The second kappa shape index (κ2) is 7.66. The SMILES string of the molecule is C=C1C(=O)OC2(C)CCC1CC(O)C(C)=CCCC(C)=CCC2O. The maximum Gasteiger partial charge on any atom is 0.334 e. The van der Waals surface area contributed by atoms with Crippen LogP contribution in [-0.4, -0.2) is 34.0 Å². The van der Waals surface area contributed by atoms with Gasteiger partial charge in [-0.25, -0.2) is 4.79 Å². The van der Waals surface area contributed by atoms with Crippen molar-refractivity contribution in [1.29, 1.82) is 0 Å². The monoisotopic (exact) mass is 334 g/mol. The molecule has 2 bridgehead atoms. The average Bonchev–Trinajstić information content (AvgIpc) is 2.64. The molecule has 2 aliphatic rings. The fraction of sp³-hybridized carbons (Fsp3) is 0.650. The van der Waals surface area contributed by atoms with Crippen LogP contribution in [0.4, 0.5) is 0 Å². The number of fused-ring (bicyclic) bond motifs is 3. The molecule has 4 unspecified atom stereocenters. The first-order valence-electron chi connectivity index (χ1n) is 8.83. The summed E-state index contributed by atoms with van der Waals surface area (Å²) in [5, 5.41) is 21.0. The zero-order valence-corrected chi connectivity index (χ0v) is 15.0. The Kier molecular flexibility index (Phi) is 6.05. The molecule has 1 heterocycles. The van der Waals surface area contributed by atoms with Crippen molar-refractivity contribution in [3.05, 3.63) is 35.5 Å². The number of aliphatic hydroxyl groups excluding tert-OH is 2. The summed E-state index contributed by atoms with van der Waals surface area (Å²) in [4.78, 5) is 12.4. The second-order valence-electron chi connectivity index (χ2n) is 7.50. The molecule has 4 nitrogen and oxygen atoms in total. The first kappa shape index (κ1) is 18.9. The first-order valence-corrected chi connectivity index (χ1v) is 8.83. The summed E-state index contributed by atoms with van der Waals surface area (Å²) >= 11 is 0. The number of allylic oxidation sites excluding steroid dienone is 2. The van der Waals surface area contributed by atoms with Crippen LogP contribution >= 0.6 is 0 Å². The first-order chi connectivity index (χ1) is 11.2. The molecular weight excluding hydrogens is 304 g/mol. The molecule has 0 radical (unpaired) electrons. The molecule has 1 fully saturated rings. The number of carbonyl (C=O) groups excluding carboxylic acids is 1. The maximum atomic E-state index is 12.4. The fourth-order valence-electron chi connectivity index (χ4n) is 3.41. The summed E-state index contributed by atoms with van der Waals surface area (Å²) in [6.45, 7) is 9.66. The molecule has 134 valence electrons. The maximum absolute atomic E-state index is 12.4. The quantitative estimate of drug-likeness (QED) is 0.404. The molecule has 1 aliphatic heterocycles. The van der Waals surface area contributed by atoms with Crippen LogP contribution in [0, 0.1) is 5.92 Å². The number of rotatable bonds is 0. The molecule has 1 aliphatic carbocycles. The van der Waals surface area contributed by atoms with Gasteiger partial charge in [0, 0.05) is 5.57 Å². The van der Waals surface area contributed by atoms with Crippen LogP contribution in [0.25, 0.3) is 0 Å². The lowest BCUT2D eigenvalue weighted by molar-refractivity contribution is -0.164. The van der Waals surface area contributed by atoms with Gasteiger partial charge in [-0.15, -0.1) is 0 Å². The van der Waals surface area contributed by atoms with Crippen LogP contribution in [-0.2, 0) is 9.53 Å². The Balaban J connectivity index is 2.34. The van der Waals surface area contributed by atoms with E-state index >= 15 is 0 Å². The van der Waals surface area contributed by atoms with Crippen molar-refractivity contribution in [2.45, 2.75) is 77.1 Å². The topological polar surface area (TPSA) is 66.8 Å². The van der Waals surface area contributed by atoms with Gasteiger partial charge in [0.2, 0.25) is 0 Å². The summed E-state index contributed by atoms with van der Waals surface area (Å²) in [6.07, 6.45) is 6.68. The number of esters is 1. The van der Waals surface area contributed by atoms with E-state index in [4.69, 9.17) is 4.74 Å². The van der Waals surface area contributed by atoms with Gasteiger partial charge < -0.3 is 14.9 Å². The molecule has 0 amide bonds. The van der Waals surface area contributed by atoms with E-state index in [2.05, 4.69) is 12.7 Å². The largest absolute Gasteiger partial charge is 0.453 e. The van der Waals surface area contributed by atoms with Gasteiger partial charge in [-0.3, -0.25) is 0 Å². The number of hydrogen-bond donors (Lipinski definition) is 2. The van der Waals surface area contributed by atoms with E-state index in [0.717, 1.165) is 18.4 Å². The summed E-state index contributed by atoms with van der Waals surface area (Å²) < 4.78 is 5.61. The minimum absolute atomic E-state index is 0.120. The third-order valence-electron chi connectivity index (χ3n) is 5.50. The van der Waals surface area contributed by atoms with Gasteiger partial charge >= 0.3 is 5.97 Å². The van der Waals surface area contributed by atoms with E-state index in [1.54, 1.807) is 6.92 Å². The van der Waals surface area contributed by atoms with E-state index < -0.39 is 23.8 Å². The van der Waals surface area contributed by atoms with Crippen molar-refractivity contribution in [2.75, 3.05) is 0 Å². The summed E-state index contributed by atoms with van der Waals surface area (Å²) in [6, 6.07) is 0. The number of carbonyl (C=O) groups is 1. The molecule has 0 spiro atoms. The molecule has 2 rings (SSSR count). The fourth-order valence-corrected chi connectivity index (χ4v) is 3.41. The smallest absolute Gasteiger partial charge is 0.334 e. The van der Waals surface area contributed by atoms with E-state index in [9.17, 15) is 15.0 Å². The molecule has 4 atom stereocenters. The molecule has 1 saturated heterocycles. The third-order valence-corrected chi connectivity index (χ3v) is 5.50. The molecule has 0 saturated carbocycles. The van der Waals surface area contributed by atoms with Gasteiger partial charge in [-0.2, -0.15) is 0 Å². The normalized spacial score (nSPS) is 36.3. The van der Waals surface area contributed by atoms with Crippen LogP contribution in [0.5, 0.6) is 0 Å². The zero-order valence-electron chi connectivity index (χ0n) is 15.0. The van der Waals surface area contributed by atoms with Crippen molar-refractivity contribution in [3.8, 4) is 0 Å². The molecule has 0 aromatic carbocycles. The van der Waals surface area contributed by atoms with Crippen LogP contribution < -0.4 is 0 Å². The highest BCUT2D eigenvalue weighted by Crippen LogP contribution is 2.36. The van der Waals surface area contributed by atoms with Gasteiger partial charge in [0.1, 0.15) is 5.60 Å². The Hall–Kier alpha value is -1.39. The molecule has 0 aromatic heterocycles. The highest BCUT2D eigenvalue weighted by Gasteiger charge is 2.41. The van der Waals surface area contributed by atoms with E-state index in [0.29, 0.717) is 31.3 Å². The average molecular weight is 334 g/mol. The Labute approximate surface area is 144 Å². The van der Waals surface area contributed by atoms with E-state index in [1.807, 2.05) is 19.9 Å². The van der Waals surface area contributed by atoms with Crippen molar-refractivity contribution >= 4 is 5.97 Å². The molecule has 2 N–H and O–H groups in total. The summed E-state index contributed by atoms with van der Waals surface area (Å²) in [7, 11) is 0. The van der Waals surface area contributed by atoms with Gasteiger partial charge in [-0.05, 0) is 70.8 Å². The molecule has 4 heteroatoms. The Morgan fingerprint density at radius 1 is 1.29 bits per heavy atom. The molecule has 0 aromatic rings. The van der Waals surface area contributed by atoms with Gasteiger partial charge in [0.15, 0.2) is 0 Å². The van der Waals surface area contributed by atoms with Gasteiger partial charge in [0.25, 0.3) is 0 Å². The minimum atomic E-state index is -0.911. The van der Waals surface area contributed by atoms with Crippen LogP contribution in [0.2, 0.25) is 0 Å². The van der Waals surface area contributed by atoms with Crippen LogP contribution in [0.1, 0.15) is 59.3 Å². The second-order valence-corrected chi connectivity index (χ2v) is 7.50. The molecule has 24 heavy (non-hydrogen) atoms. The van der Waals surface area contributed by atoms with Gasteiger partial charge in [0.05, 0.1) is 12.2 Å². The third kappa shape index (κ3) is 4.37.